The molecule has 536 valence electrons. The number of carbonyl (C=O) groups excluding carboxylic acids is 6. The van der Waals surface area contributed by atoms with Crippen LogP contribution in [0, 0.1) is 53.3 Å². The van der Waals surface area contributed by atoms with Crippen LogP contribution in [-0.2, 0) is 28.8 Å². The molecule has 0 radical (unpaired) electrons. The molecule has 0 rings (SSSR count). The topological polar surface area (TPSA) is 183 Å². The van der Waals surface area contributed by atoms with E-state index in [4.69, 9.17) is 0 Å². The Morgan fingerprint density at radius 2 is 0.461 bits per heavy atom. The van der Waals surface area contributed by atoms with E-state index in [2.05, 4.69) is 76.2 Å². The number of aliphatic hydroxyl groups excluding tert-OH is 4. The van der Waals surface area contributed by atoms with Gasteiger partial charge < -0.3 is 20.4 Å². The van der Waals surface area contributed by atoms with E-state index >= 15 is 0 Å². The largest absolute Gasteiger partial charge is 0.393 e. The number of hydrogen-bond acceptors (Lipinski definition) is 10. The first-order valence-corrected chi connectivity index (χ1v) is 37.6. The third-order valence-electron chi connectivity index (χ3n) is 16.2. The van der Waals surface area contributed by atoms with Crippen LogP contribution >= 0.6 is 0 Å². The highest BCUT2D eigenvalue weighted by Gasteiger charge is 2.17. The van der Waals surface area contributed by atoms with E-state index in [-0.39, 0.29) is 58.6 Å². The number of carbonyl (C=O) groups is 6. The van der Waals surface area contributed by atoms with Gasteiger partial charge in [-0.2, -0.15) is 0 Å². The molecule has 0 aromatic rings. The van der Waals surface area contributed by atoms with Crippen molar-refractivity contribution in [3.05, 3.63) is 0 Å². The molecule has 4 N–H and O–H groups in total. The summed E-state index contributed by atoms with van der Waals surface area (Å²) >= 11 is 0. The van der Waals surface area contributed by atoms with E-state index in [0.717, 1.165) is 102 Å². The number of ketones is 6. The molecule has 0 heterocycles. The highest BCUT2D eigenvalue weighted by Crippen LogP contribution is 2.18. The lowest BCUT2D eigenvalue weighted by atomic mass is 9.96. The summed E-state index contributed by atoms with van der Waals surface area (Å²) in [6.45, 7) is 47.1. The Balaban J connectivity index is -0.000000180. The number of rotatable bonds is 49. The first kappa shape index (κ1) is 100. The summed E-state index contributed by atoms with van der Waals surface area (Å²) in [7, 11) is 0. The summed E-state index contributed by atoms with van der Waals surface area (Å²) in [6, 6.07) is 0. The Morgan fingerprint density at radius 3 is 0.719 bits per heavy atom. The summed E-state index contributed by atoms with van der Waals surface area (Å²) in [6.07, 6.45) is 37.1. The molecule has 10 nitrogen and oxygen atoms in total. The molecule has 6 atom stereocenters. The van der Waals surface area contributed by atoms with Crippen molar-refractivity contribution in [2.24, 2.45) is 53.3 Å². The van der Waals surface area contributed by atoms with Crippen molar-refractivity contribution in [2.45, 2.75) is 421 Å². The molecule has 0 fully saturated rings. The monoisotopic (exact) mass is 1270 g/mol. The van der Waals surface area contributed by atoms with Crippen molar-refractivity contribution in [1.29, 1.82) is 0 Å². The van der Waals surface area contributed by atoms with Gasteiger partial charge in [0.25, 0.3) is 0 Å². The zero-order valence-corrected chi connectivity index (χ0v) is 63.9. The lowest BCUT2D eigenvalue weighted by Crippen LogP contribution is -2.17. The van der Waals surface area contributed by atoms with Crippen molar-refractivity contribution >= 4 is 34.7 Å². The maximum atomic E-state index is 11.4. The Hall–Kier alpha value is -2.14. The van der Waals surface area contributed by atoms with Gasteiger partial charge in [-0.25, -0.2) is 0 Å². The molecule has 0 bridgehead atoms. The lowest BCUT2D eigenvalue weighted by Gasteiger charge is -2.13. The Kier molecular flexibility index (Phi) is 82.7. The molecule has 0 unspecified atom stereocenters. The van der Waals surface area contributed by atoms with Crippen molar-refractivity contribution in [2.75, 3.05) is 0 Å². The fourth-order valence-corrected chi connectivity index (χ4v) is 8.69. The Bertz CT molecular complexity index is 1530. The average Bonchev–Trinajstić information content (AvgIpc) is 3.48. The quantitative estimate of drug-likeness (QED) is 0.0428. The first-order valence-electron chi connectivity index (χ1n) is 37.6. The minimum Gasteiger partial charge on any atom is -0.393 e. The minimum atomic E-state index is -0.432. The fraction of sp³-hybridized carbons (Fsp3) is 0.924. The molecule has 0 spiro atoms. The van der Waals surface area contributed by atoms with Gasteiger partial charge in [0.1, 0.15) is 34.7 Å². The zero-order chi connectivity index (χ0) is 70.1. The van der Waals surface area contributed by atoms with Crippen LogP contribution < -0.4 is 0 Å². The third-order valence-corrected chi connectivity index (χ3v) is 16.2. The smallest absolute Gasteiger partial charge is 0.137 e. The lowest BCUT2D eigenvalue weighted by molar-refractivity contribution is -0.124. The van der Waals surface area contributed by atoms with E-state index in [1.165, 1.54) is 122 Å². The van der Waals surface area contributed by atoms with Gasteiger partial charge in [-0.15, -0.1) is 0 Å². The summed E-state index contributed by atoms with van der Waals surface area (Å²) in [4.78, 5) is 67.8. The second-order valence-electron chi connectivity index (χ2n) is 28.7. The van der Waals surface area contributed by atoms with E-state index in [1.54, 1.807) is 0 Å². The van der Waals surface area contributed by atoms with Crippen LogP contribution in [-0.4, -0.2) is 79.5 Å². The molecule has 0 amide bonds. The summed E-state index contributed by atoms with van der Waals surface area (Å²) < 4.78 is 0. The summed E-state index contributed by atoms with van der Waals surface area (Å²) in [5.41, 5.74) is 0. The van der Waals surface area contributed by atoms with E-state index in [9.17, 15) is 49.2 Å². The number of Topliss-reactive ketones (excluding diaryl/α,β-unsaturated/α-hetero) is 6. The Labute approximate surface area is 555 Å². The second-order valence-corrected chi connectivity index (χ2v) is 28.7. The van der Waals surface area contributed by atoms with Gasteiger partial charge >= 0.3 is 0 Å². The second kappa shape index (κ2) is 73.3. The molecule has 0 aliphatic rings. The number of aliphatic hydroxyl groups is 4. The van der Waals surface area contributed by atoms with Gasteiger partial charge in [-0.1, -0.05) is 313 Å². The van der Waals surface area contributed by atoms with Crippen molar-refractivity contribution in [3.63, 3.8) is 0 Å². The molecule has 0 aromatic carbocycles. The molecule has 89 heavy (non-hydrogen) atoms. The van der Waals surface area contributed by atoms with Crippen LogP contribution in [0.1, 0.15) is 397 Å². The summed E-state index contributed by atoms with van der Waals surface area (Å²) in [5.74, 6) is 4.39. The molecule has 0 aromatic heterocycles. The van der Waals surface area contributed by atoms with Crippen LogP contribution in [0.4, 0.5) is 0 Å². The number of unbranched alkanes of at least 4 members (excludes halogenated alkanes) is 16. The average molecular weight is 1270 g/mol. The third kappa shape index (κ3) is 85.9. The molecule has 0 aliphatic heterocycles. The van der Waals surface area contributed by atoms with Gasteiger partial charge in [0.2, 0.25) is 0 Å². The zero-order valence-electron chi connectivity index (χ0n) is 63.9. The maximum absolute atomic E-state index is 11.4. The highest BCUT2D eigenvalue weighted by molar-refractivity contribution is 5.82. The van der Waals surface area contributed by atoms with Crippen LogP contribution in [0.3, 0.4) is 0 Å². The maximum Gasteiger partial charge on any atom is 0.137 e. The SMILES string of the molecule is CC(C)CCCC[C@@H](O)CC(=O)C(C)C.CCC.CCCCCCCC(=O)C(C)C.CCCCCCCCCC(=O)C(C)C.CCCCCCC[C@@H](O)CC(=O)C(C)C.CC[C@H](C)CCCC[C@@H](O)CC(=O)C(C)C.CC[C@H](C)CC[C@@H](O)CC(=O)C(C)C. The van der Waals surface area contributed by atoms with Crippen LogP contribution in [0.2, 0.25) is 0 Å². The Morgan fingerprint density at radius 1 is 0.247 bits per heavy atom. The molecule has 0 saturated carbocycles. The highest BCUT2D eigenvalue weighted by atomic mass is 16.3. The fourth-order valence-electron chi connectivity index (χ4n) is 8.69. The van der Waals surface area contributed by atoms with Crippen LogP contribution in [0.15, 0.2) is 0 Å². The molecular weight excluding hydrogens is 1110 g/mol. The van der Waals surface area contributed by atoms with Gasteiger partial charge in [-0.3, -0.25) is 28.8 Å². The predicted octanol–water partition coefficient (Wildman–Crippen LogP) is 22.2. The van der Waals surface area contributed by atoms with Gasteiger partial charge in [0, 0.05) is 74.0 Å². The van der Waals surface area contributed by atoms with Gasteiger partial charge in [0.05, 0.1) is 24.4 Å². The van der Waals surface area contributed by atoms with E-state index in [1.807, 2.05) is 83.1 Å². The first-order chi connectivity index (χ1) is 41.7. The molecular formula is C79H160O10. The van der Waals surface area contributed by atoms with Crippen LogP contribution in [0.5, 0.6) is 0 Å². The summed E-state index contributed by atoms with van der Waals surface area (Å²) in [5, 5.41) is 38.5. The van der Waals surface area contributed by atoms with Gasteiger partial charge in [-0.05, 0) is 62.7 Å². The van der Waals surface area contributed by atoms with Crippen molar-refractivity contribution in [3.8, 4) is 0 Å². The van der Waals surface area contributed by atoms with E-state index in [0.29, 0.717) is 43.2 Å². The van der Waals surface area contributed by atoms with Crippen molar-refractivity contribution in [1.82, 2.24) is 0 Å². The molecule has 10 heteroatoms. The normalized spacial score (nSPS) is 13.0. The molecule has 0 saturated heterocycles. The van der Waals surface area contributed by atoms with E-state index < -0.39 is 24.4 Å². The predicted molar refractivity (Wildman–Crippen MR) is 387 cm³/mol. The number of hydrogen-bond donors (Lipinski definition) is 4. The van der Waals surface area contributed by atoms with Crippen molar-refractivity contribution < 1.29 is 49.2 Å². The molecule has 0 aliphatic carbocycles. The standard InChI is InChI=1S/C14H28O2.2C13H26O2.C13H26O.C12H24O2.C11H22O.C3H8/c1-5-12(4)8-6-7-9-13(15)10-14(16)11(2)3;1-10(2)7-5-6-8-12(14)9-13(15)11(3)4;1-4-5-6-7-8-9-12(14)10-13(15)11(2)3;1-4-5-6-7-8-9-10-11-13(14)12(2)3;1-5-10(4)6-7-11(13)8-12(14)9(2)3;1-4-5-6-7-8-9-11(12)10(2)3;1-3-2/h11-13,15H,5-10H2,1-4H3;10-12,14H,5-9H2,1-4H3;11-12,14H,4-10H2,1-3H3;12H,4-11H2,1-3H3;9-11,13H,5-8H2,1-4H3;10H,4-9H2,1-3H3;3H2,1-2H3/t12-,13+;2*12-;;10-,11+;;/m011.0../s1. The minimum absolute atomic E-state index is 0.0493. The van der Waals surface area contributed by atoms with Crippen LogP contribution in [0.25, 0.3) is 0 Å². The van der Waals surface area contributed by atoms with Gasteiger partial charge in [0.15, 0.2) is 0 Å².